The first-order valence-electron chi connectivity index (χ1n) is 8.37. The zero-order valence-corrected chi connectivity index (χ0v) is 15.5. The lowest BCUT2D eigenvalue weighted by atomic mass is 10.0. The summed E-state index contributed by atoms with van der Waals surface area (Å²) < 4.78 is 5.14. The number of thioether (sulfide) groups is 2. The molecule has 0 spiro atoms. The molecule has 1 aromatic carbocycles. The van der Waals surface area contributed by atoms with Gasteiger partial charge in [-0.2, -0.15) is 11.8 Å². The van der Waals surface area contributed by atoms with Crippen LogP contribution in [0.25, 0.3) is 0 Å². The predicted octanol–water partition coefficient (Wildman–Crippen LogP) is 4.11. The largest absolute Gasteiger partial charge is 0.497 e. The van der Waals surface area contributed by atoms with E-state index >= 15 is 0 Å². The monoisotopic (exact) mass is 353 g/mol. The quantitative estimate of drug-likeness (QED) is 0.678. The highest BCUT2D eigenvalue weighted by Gasteiger charge is 2.13. The van der Waals surface area contributed by atoms with Crippen LogP contribution in [0, 0.1) is 0 Å². The Hall–Kier alpha value is -0.810. The summed E-state index contributed by atoms with van der Waals surface area (Å²) in [4.78, 5) is 11.8. The van der Waals surface area contributed by atoms with Crippen molar-refractivity contribution in [3.05, 3.63) is 29.8 Å². The van der Waals surface area contributed by atoms with Gasteiger partial charge in [-0.15, -0.1) is 11.8 Å². The maximum atomic E-state index is 11.8. The Morgan fingerprint density at radius 1 is 1.22 bits per heavy atom. The lowest BCUT2D eigenvalue weighted by Gasteiger charge is -2.20. The highest BCUT2D eigenvalue weighted by atomic mass is 32.2. The summed E-state index contributed by atoms with van der Waals surface area (Å²) >= 11 is 3.68. The molecule has 1 amide bonds. The number of amides is 1. The van der Waals surface area contributed by atoms with Crippen molar-refractivity contribution in [1.29, 1.82) is 0 Å². The number of methoxy groups -OCH3 is 1. The van der Waals surface area contributed by atoms with Crippen LogP contribution in [0.3, 0.4) is 0 Å². The van der Waals surface area contributed by atoms with E-state index in [4.69, 9.17) is 4.74 Å². The molecular formula is C18H27NO2S2. The van der Waals surface area contributed by atoms with Crippen molar-refractivity contribution in [1.82, 2.24) is 5.32 Å². The van der Waals surface area contributed by atoms with Crippen molar-refractivity contribution < 1.29 is 9.53 Å². The van der Waals surface area contributed by atoms with Gasteiger partial charge in [-0.1, -0.05) is 31.4 Å². The number of ether oxygens (including phenoxy) is 1. The minimum atomic E-state index is 0.146. The Kier molecular flexibility index (Phi) is 8.76. The van der Waals surface area contributed by atoms with Gasteiger partial charge in [0.05, 0.1) is 12.9 Å². The number of rotatable bonds is 9. The highest BCUT2D eigenvalue weighted by Crippen LogP contribution is 2.27. The standard InChI is InChI=1S/C18H27NO2S2/c1-21-16-9-7-15(8-10-16)13-22-14-18(20)19-11-12-23-17-5-3-2-4-6-17/h7-10,17H,2-6,11-14H2,1H3,(H,19,20). The lowest BCUT2D eigenvalue weighted by Crippen LogP contribution is -2.28. The van der Waals surface area contributed by atoms with Crippen LogP contribution in [-0.4, -0.2) is 36.3 Å². The molecule has 0 heterocycles. The zero-order valence-electron chi connectivity index (χ0n) is 13.9. The fourth-order valence-electron chi connectivity index (χ4n) is 2.68. The van der Waals surface area contributed by atoms with Crippen molar-refractivity contribution in [2.24, 2.45) is 0 Å². The van der Waals surface area contributed by atoms with Gasteiger partial charge in [0.2, 0.25) is 5.91 Å². The van der Waals surface area contributed by atoms with Crippen molar-refractivity contribution in [3.63, 3.8) is 0 Å². The minimum Gasteiger partial charge on any atom is -0.497 e. The van der Waals surface area contributed by atoms with Gasteiger partial charge in [0.1, 0.15) is 5.75 Å². The van der Waals surface area contributed by atoms with Crippen LogP contribution in [0.5, 0.6) is 5.75 Å². The summed E-state index contributed by atoms with van der Waals surface area (Å²) in [5.41, 5.74) is 1.22. The van der Waals surface area contributed by atoms with Crippen LogP contribution in [-0.2, 0) is 10.5 Å². The molecular weight excluding hydrogens is 326 g/mol. The highest BCUT2D eigenvalue weighted by molar-refractivity contribution is 8.00. The van der Waals surface area contributed by atoms with Crippen molar-refractivity contribution in [2.75, 3.05) is 25.2 Å². The molecule has 3 nitrogen and oxygen atoms in total. The second kappa shape index (κ2) is 10.9. The molecule has 1 aliphatic rings. The fraction of sp³-hybridized carbons (Fsp3) is 0.611. The molecule has 1 N–H and O–H groups in total. The molecule has 0 atom stereocenters. The molecule has 128 valence electrons. The van der Waals surface area contributed by atoms with Gasteiger partial charge in [0.25, 0.3) is 0 Å². The summed E-state index contributed by atoms with van der Waals surface area (Å²) in [5, 5.41) is 3.85. The van der Waals surface area contributed by atoms with Gasteiger partial charge in [0, 0.05) is 23.3 Å². The van der Waals surface area contributed by atoms with Crippen LogP contribution >= 0.6 is 23.5 Å². The molecule has 0 unspecified atom stereocenters. The Morgan fingerprint density at radius 3 is 2.65 bits per heavy atom. The number of benzene rings is 1. The van der Waals surface area contributed by atoms with Gasteiger partial charge in [-0.05, 0) is 30.5 Å². The molecule has 23 heavy (non-hydrogen) atoms. The van der Waals surface area contributed by atoms with E-state index in [1.165, 1.54) is 37.7 Å². The van der Waals surface area contributed by atoms with E-state index in [1.807, 2.05) is 36.0 Å². The van der Waals surface area contributed by atoms with Crippen LogP contribution in [0.15, 0.2) is 24.3 Å². The third-order valence-corrected chi connectivity index (χ3v) is 6.38. The van der Waals surface area contributed by atoms with Gasteiger partial charge >= 0.3 is 0 Å². The van der Waals surface area contributed by atoms with Gasteiger partial charge in [-0.25, -0.2) is 0 Å². The summed E-state index contributed by atoms with van der Waals surface area (Å²) in [7, 11) is 1.67. The van der Waals surface area contributed by atoms with Gasteiger partial charge < -0.3 is 10.1 Å². The normalized spacial score (nSPS) is 15.3. The minimum absolute atomic E-state index is 0.146. The van der Waals surface area contributed by atoms with E-state index in [9.17, 15) is 4.79 Å². The van der Waals surface area contributed by atoms with Gasteiger partial charge in [0.15, 0.2) is 0 Å². The molecule has 5 heteroatoms. The number of hydrogen-bond donors (Lipinski definition) is 1. The summed E-state index contributed by atoms with van der Waals surface area (Å²) in [6, 6.07) is 8.01. The Bertz CT molecular complexity index is 459. The fourth-order valence-corrected chi connectivity index (χ4v) is 4.72. The van der Waals surface area contributed by atoms with Crippen molar-refractivity contribution in [2.45, 2.75) is 43.1 Å². The van der Waals surface area contributed by atoms with Crippen molar-refractivity contribution >= 4 is 29.4 Å². The first kappa shape index (κ1) is 18.5. The average molecular weight is 354 g/mol. The first-order chi connectivity index (χ1) is 11.3. The maximum absolute atomic E-state index is 11.8. The van der Waals surface area contributed by atoms with Crippen LogP contribution < -0.4 is 10.1 Å². The molecule has 0 saturated heterocycles. The number of nitrogens with one attached hydrogen (secondary N) is 1. The van der Waals surface area contributed by atoms with Crippen LogP contribution in [0.4, 0.5) is 0 Å². The van der Waals surface area contributed by atoms with Gasteiger partial charge in [-0.3, -0.25) is 4.79 Å². The molecule has 1 aromatic rings. The van der Waals surface area contributed by atoms with E-state index in [-0.39, 0.29) is 5.91 Å². The smallest absolute Gasteiger partial charge is 0.230 e. The molecule has 2 rings (SSSR count). The third-order valence-electron chi connectivity index (χ3n) is 3.99. The Morgan fingerprint density at radius 2 is 1.96 bits per heavy atom. The first-order valence-corrected chi connectivity index (χ1v) is 10.6. The van der Waals surface area contributed by atoms with E-state index < -0.39 is 0 Å². The molecule has 0 aliphatic heterocycles. The SMILES string of the molecule is COc1ccc(CSCC(=O)NCCSC2CCCCC2)cc1. The lowest BCUT2D eigenvalue weighted by molar-refractivity contribution is -0.118. The van der Waals surface area contributed by atoms with Crippen LogP contribution in [0.2, 0.25) is 0 Å². The average Bonchev–Trinajstić information content (AvgIpc) is 2.60. The van der Waals surface area contributed by atoms with Crippen LogP contribution in [0.1, 0.15) is 37.7 Å². The molecule has 1 saturated carbocycles. The number of carbonyl (C=O) groups is 1. The topological polar surface area (TPSA) is 38.3 Å². The Labute approximate surface area is 148 Å². The summed E-state index contributed by atoms with van der Waals surface area (Å²) in [5.74, 6) is 3.44. The molecule has 0 bridgehead atoms. The summed E-state index contributed by atoms with van der Waals surface area (Å²) in [6.45, 7) is 0.795. The second-order valence-electron chi connectivity index (χ2n) is 5.82. The summed E-state index contributed by atoms with van der Waals surface area (Å²) in [6.07, 6.45) is 6.88. The number of hydrogen-bond acceptors (Lipinski definition) is 4. The predicted molar refractivity (Wildman–Crippen MR) is 101 cm³/mol. The zero-order chi connectivity index (χ0) is 16.3. The molecule has 0 radical (unpaired) electrons. The molecule has 1 aliphatic carbocycles. The maximum Gasteiger partial charge on any atom is 0.230 e. The van der Waals surface area contributed by atoms with E-state index in [2.05, 4.69) is 5.32 Å². The van der Waals surface area contributed by atoms with Crippen molar-refractivity contribution in [3.8, 4) is 5.75 Å². The van der Waals surface area contributed by atoms with E-state index in [1.54, 1.807) is 18.9 Å². The molecule has 0 aromatic heterocycles. The second-order valence-corrected chi connectivity index (χ2v) is 8.22. The van der Waals surface area contributed by atoms with E-state index in [0.717, 1.165) is 29.0 Å². The van der Waals surface area contributed by atoms with E-state index in [0.29, 0.717) is 5.75 Å². The number of carbonyl (C=O) groups excluding carboxylic acids is 1. The third kappa shape index (κ3) is 7.53. The Balaban J connectivity index is 1.50. The molecule has 1 fully saturated rings.